The van der Waals surface area contributed by atoms with Crippen molar-refractivity contribution in [2.24, 2.45) is 0 Å². The number of nitrogens with zero attached hydrogens (tertiary/aromatic N) is 2. The number of alkyl halides is 3. The number of benzene rings is 2. The molecule has 27 heavy (non-hydrogen) atoms. The maximum Gasteiger partial charge on any atom is 0.416 e. The lowest BCUT2D eigenvalue weighted by molar-refractivity contribution is -0.138. The fraction of sp³-hybridized carbons (Fsp3) is 0.118. The topological polar surface area (TPSA) is 54.9 Å². The van der Waals surface area contributed by atoms with Gasteiger partial charge < -0.3 is 0 Å². The Labute approximate surface area is 165 Å². The maximum absolute atomic E-state index is 13.0. The van der Waals surface area contributed by atoms with Gasteiger partial charge in [0.15, 0.2) is 4.34 Å². The summed E-state index contributed by atoms with van der Waals surface area (Å²) >= 11 is 8.17. The molecular weight excluding hydrogens is 419 g/mol. The monoisotopic (exact) mass is 429 g/mol. The van der Waals surface area contributed by atoms with E-state index in [9.17, 15) is 18.0 Å². The van der Waals surface area contributed by atoms with Crippen LogP contribution >= 0.6 is 34.7 Å². The van der Waals surface area contributed by atoms with Crippen molar-refractivity contribution in [3.63, 3.8) is 0 Å². The van der Waals surface area contributed by atoms with Gasteiger partial charge in [0.05, 0.1) is 16.1 Å². The molecule has 1 N–H and O–H groups in total. The number of amides is 1. The number of aromatic nitrogens is 2. The molecule has 0 fully saturated rings. The Morgan fingerprint density at radius 3 is 2.56 bits per heavy atom. The number of carbonyl (C=O) groups excluding carboxylic acids is 1. The van der Waals surface area contributed by atoms with E-state index in [1.54, 1.807) is 30.3 Å². The fourth-order valence-corrected chi connectivity index (χ4v) is 4.16. The zero-order valence-electron chi connectivity index (χ0n) is 13.5. The van der Waals surface area contributed by atoms with Gasteiger partial charge in [-0.25, -0.2) is 0 Å². The normalized spacial score (nSPS) is 11.4. The van der Waals surface area contributed by atoms with Crippen molar-refractivity contribution in [1.82, 2.24) is 10.2 Å². The summed E-state index contributed by atoms with van der Waals surface area (Å²) in [4.78, 5) is 12.2. The van der Waals surface area contributed by atoms with Crippen LogP contribution in [0.2, 0.25) is 5.02 Å². The predicted octanol–water partition coefficient (Wildman–Crippen LogP) is 5.75. The van der Waals surface area contributed by atoms with Gasteiger partial charge in [0.2, 0.25) is 5.13 Å². The molecule has 3 aromatic rings. The predicted molar refractivity (Wildman–Crippen MR) is 100 cm³/mol. The van der Waals surface area contributed by atoms with Crippen molar-refractivity contribution in [2.45, 2.75) is 16.3 Å². The molecule has 1 amide bonds. The smallest absolute Gasteiger partial charge is 0.296 e. The standard InChI is InChI=1S/C17H11ClF3N3OS2/c18-13-8-4-2-6-11(13)14(25)22-15-23-24-16(27-15)26-9-10-5-1-3-7-12(10)17(19,20)21/h1-8H,9H2,(H,22,23,25). The highest BCUT2D eigenvalue weighted by Gasteiger charge is 2.32. The van der Waals surface area contributed by atoms with Crippen LogP contribution in [0.5, 0.6) is 0 Å². The number of thioether (sulfide) groups is 1. The van der Waals surface area contributed by atoms with E-state index in [1.165, 1.54) is 12.1 Å². The number of nitrogens with one attached hydrogen (secondary N) is 1. The minimum Gasteiger partial charge on any atom is -0.296 e. The number of carbonyl (C=O) groups is 1. The minimum atomic E-state index is -4.41. The molecule has 140 valence electrons. The molecule has 3 rings (SSSR count). The summed E-state index contributed by atoms with van der Waals surface area (Å²) in [7, 11) is 0. The third-order valence-electron chi connectivity index (χ3n) is 3.42. The summed E-state index contributed by atoms with van der Waals surface area (Å²) in [5.74, 6) is -0.348. The zero-order valence-corrected chi connectivity index (χ0v) is 15.8. The summed E-state index contributed by atoms with van der Waals surface area (Å²) in [5.41, 5.74) is -0.219. The molecule has 0 saturated heterocycles. The molecule has 0 saturated carbocycles. The Morgan fingerprint density at radius 1 is 1.11 bits per heavy atom. The first-order valence-corrected chi connectivity index (χ1v) is 9.70. The van der Waals surface area contributed by atoms with E-state index in [0.29, 0.717) is 14.9 Å². The van der Waals surface area contributed by atoms with Gasteiger partial charge in [0.25, 0.3) is 5.91 Å². The molecule has 1 heterocycles. The van der Waals surface area contributed by atoms with Gasteiger partial charge in [-0.2, -0.15) is 13.2 Å². The quantitative estimate of drug-likeness (QED) is 0.414. The van der Waals surface area contributed by atoms with Crippen LogP contribution in [0.3, 0.4) is 0 Å². The van der Waals surface area contributed by atoms with Gasteiger partial charge in [-0.1, -0.05) is 65.0 Å². The average Bonchev–Trinajstić information content (AvgIpc) is 3.07. The Kier molecular flexibility index (Phi) is 6.03. The highest BCUT2D eigenvalue weighted by molar-refractivity contribution is 8.00. The van der Waals surface area contributed by atoms with Crippen molar-refractivity contribution in [2.75, 3.05) is 5.32 Å². The van der Waals surface area contributed by atoms with E-state index < -0.39 is 17.6 Å². The average molecular weight is 430 g/mol. The first-order valence-electron chi connectivity index (χ1n) is 7.52. The SMILES string of the molecule is O=C(Nc1nnc(SCc2ccccc2C(F)(F)F)s1)c1ccccc1Cl. The van der Waals surface area contributed by atoms with Crippen molar-refractivity contribution >= 4 is 45.7 Å². The molecule has 1 aromatic heterocycles. The Balaban J connectivity index is 1.66. The molecular formula is C17H11ClF3N3OS2. The van der Waals surface area contributed by atoms with E-state index in [2.05, 4.69) is 15.5 Å². The second-order valence-electron chi connectivity index (χ2n) is 5.25. The van der Waals surface area contributed by atoms with Gasteiger partial charge >= 0.3 is 6.18 Å². The molecule has 0 spiro atoms. The molecule has 4 nitrogen and oxygen atoms in total. The van der Waals surface area contributed by atoms with Crippen LogP contribution in [0.25, 0.3) is 0 Å². The molecule has 0 bridgehead atoms. The van der Waals surface area contributed by atoms with Crippen molar-refractivity contribution < 1.29 is 18.0 Å². The third kappa shape index (κ3) is 5.00. The van der Waals surface area contributed by atoms with E-state index in [-0.39, 0.29) is 16.4 Å². The largest absolute Gasteiger partial charge is 0.416 e. The lowest BCUT2D eigenvalue weighted by Gasteiger charge is -2.11. The van der Waals surface area contributed by atoms with Crippen LogP contribution in [0, 0.1) is 0 Å². The van der Waals surface area contributed by atoms with Crippen LogP contribution in [-0.2, 0) is 11.9 Å². The zero-order chi connectivity index (χ0) is 19.4. The summed E-state index contributed by atoms with van der Waals surface area (Å²) in [6, 6.07) is 11.9. The fourth-order valence-electron chi connectivity index (χ4n) is 2.19. The highest BCUT2D eigenvalue weighted by Crippen LogP contribution is 2.35. The Bertz CT molecular complexity index is 962. The molecule has 0 aliphatic rings. The van der Waals surface area contributed by atoms with Gasteiger partial charge in [-0.15, -0.1) is 10.2 Å². The lowest BCUT2D eigenvalue weighted by Crippen LogP contribution is -2.12. The Hall–Kier alpha value is -2.10. The lowest BCUT2D eigenvalue weighted by atomic mass is 10.1. The number of hydrogen-bond donors (Lipinski definition) is 1. The third-order valence-corrected chi connectivity index (χ3v) is 5.77. The number of halogens is 4. The molecule has 0 aliphatic heterocycles. The molecule has 0 unspecified atom stereocenters. The molecule has 0 atom stereocenters. The van der Waals surface area contributed by atoms with Crippen molar-refractivity contribution in [3.8, 4) is 0 Å². The van der Waals surface area contributed by atoms with Gasteiger partial charge in [0, 0.05) is 5.75 Å². The van der Waals surface area contributed by atoms with E-state index in [4.69, 9.17) is 11.6 Å². The molecule has 0 radical (unpaired) electrons. The number of hydrogen-bond acceptors (Lipinski definition) is 5. The first kappa shape index (κ1) is 19.7. The highest BCUT2D eigenvalue weighted by atomic mass is 35.5. The van der Waals surface area contributed by atoms with Crippen LogP contribution in [-0.4, -0.2) is 16.1 Å². The van der Waals surface area contributed by atoms with Gasteiger partial charge in [-0.3, -0.25) is 10.1 Å². The van der Waals surface area contributed by atoms with Crippen LogP contribution < -0.4 is 5.32 Å². The molecule has 2 aromatic carbocycles. The second-order valence-corrected chi connectivity index (χ2v) is 7.86. The number of rotatable bonds is 5. The number of anilines is 1. The maximum atomic E-state index is 13.0. The summed E-state index contributed by atoms with van der Waals surface area (Å²) in [6.45, 7) is 0. The minimum absolute atomic E-state index is 0.0861. The van der Waals surface area contributed by atoms with Crippen LogP contribution in [0.1, 0.15) is 21.5 Å². The first-order chi connectivity index (χ1) is 12.8. The van der Waals surface area contributed by atoms with Crippen LogP contribution in [0.15, 0.2) is 52.9 Å². The van der Waals surface area contributed by atoms with Crippen molar-refractivity contribution in [1.29, 1.82) is 0 Å². The summed E-state index contributed by atoms with van der Waals surface area (Å²) in [6.07, 6.45) is -4.41. The van der Waals surface area contributed by atoms with Gasteiger partial charge in [0.1, 0.15) is 0 Å². The van der Waals surface area contributed by atoms with E-state index >= 15 is 0 Å². The summed E-state index contributed by atoms with van der Waals surface area (Å²) in [5, 5.41) is 10.9. The molecule has 0 aliphatic carbocycles. The van der Waals surface area contributed by atoms with E-state index in [0.717, 1.165) is 29.2 Å². The summed E-state index contributed by atoms with van der Waals surface area (Å²) < 4.78 is 39.5. The van der Waals surface area contributed by atoms with E-state index in [1.807, 2.05) is 0 Å². The Morgan fingerprint density at radius 2 is 1.81 bits per heavy atom. The van der Waals surface area contributed by atoms with Crippen LogP contribution in [0.4, 0.5) is 18.3 Å². The van der Waals surface area contributed by atoms with Gasteiger partial charge in [-0.05, 0) is 23.8 Å². The second kappa shape index (κ2) is 8.28. The molecule has 10 heteroatoms. The van der Waals surface area contributed by atoms with Crippen molar-refractivity contribution in [3.05, 3.63) is 70.2 Å².